The third kappa shape index (κ3) is 7.17. The molecular weight excluding hydrogens is 656 g/mol. The number of phenolic OH excluding ortho intramolecular Hbond substituents is 4. The highest BCUT2D eigenvalue weighted by Gasteiger charge is 2.15. The number of unbranched alkanes of at least 4 members (excludes halogenated alkanes) is 4. The number of halogens is 2. The minimum absolute atomic E-state index is 0.219. The van der Waals surface area contributed by atoms with Crippen LogP contribution in [-0.2, 0) is 0 Å². The second-order valence-corrected chi connectivity index (χ2v) is 12.2. The highest BCUT2D eigenvalue weighted by molar-refractivity contribution is 9.11. The molecule has 0 spiro atoms. The van der Waals surface area contributed by atoms with Crippen molar-refractivity contribution in [3.05, 3.63) is 66.6 Å². The van der Waals surface area contributed by atoms with E-state index >= 15 is 0 Å². The number of phenols is 4. The molecule has 42 heavy (non-hydrogen) atoms. The Labute approximate surface area is 266 Å². The van der Waals surface area contributed by atoms with E-state index in [-0.39, 0.29) is 23.0 Å². The molecule has 4 aromatic rings. The second-order valence-electron chi connectivity index (χ2n) is 10.5. The van der Waals surface area contributed by atoms with Gasteiger partial charge < -0.3 is 20.4 Å². The number of hydrogen-bond donors (Lipinski definition) is 4. The minimum Gasteiger partial charge on any atom is -0.506 e. The zero-order chi connectivity index (χ0) is 31.1. The number of aryl methyl sites for hydroxylation is 4. The largest absolute Gasteiger partial charge is 0.506 e. The quantitative estimate of drug-likeness (QED) is 0.127. The van der Waals surface area contributed by atoms with Gasteiger partial charge >= 0.3 is 0 Å². The lowest BCUT2D eigenvalue weighted by Gasteiger charge is -2.12. The molecule has 4 N–H and O–H groups in total. The minimum atomic E-state index is 0.219. The van der Waals surface area contributed by atoms with Crippen LogP contribution in [0, 0.1) is 51.4 Å². The second kappa shape index (κ2) is 14.7. The van der Waals surface area contributed by atoms with E-state index in [2.05, 4.69) is 69.4 Å². The van der Waals surface area contributed by atoms with Crippen LogP contribution in [0.5, 0.6) is 23.0 Å². The molecule has 4 nitrogen and oxygen atoms in total. The molecule has 0 saturated carbocycles. The lowest BCUT2D eigenvalue weighted by molar-refractivity contribution is 0.466. The maximum Gasteiger partial charge on any atom is 0.134 e. The van der Waals surface area contributed by atoms with Gasteiger partial charge in [-0.05, 0) is 140 Å². The first-order valence-corrected chi connectivity index (χ1v) is 15.8. The van der Waals surface area contributed by atoms with Gasteiger partial charge in [-0.15, -0.1) is 0 Å². The van der Waals surface area contributed by atoms with Crippen molar-refractivity contribution in [2.75, 3.05) is 0 Å². The molecule has 0 aliphatic rings. The number of benzene rings is 4. The van der Waals surface area contributed by atoms with Gasteiger partial charge in [0.25, 0.3) is 0 Å². The summed E-state index contributed by atoms with van der Waals surface area (Å²) in [6.45, 7) is 11.7. The van der Waals surface area contributed by atoms with Crippen molar-refractivity contribution in [1.29, 1.82) is 0 Å². The summed E-state index contributed by atoms with van der Waals surface area (Å²) in [5.41, 5.74) is 4.40. The van der Waals surface area contributed by atoms with Crippen LogP contribution in [0.25, 0.3) is 21.5 Å². The van der Waals surface area contributed by atoms with Gasteiger partial charge in [-0.25, -0.2) is 0 Å². The smallest absolute Gasteiger partial charge is 0.134 e. The fraction of sp³-hybridized carbons (Fsp3) is 0.333. The molecule has 0 unspecified atom stereocenters. The Balaban J connectivity index is 0.000000258. The molecule has 220 valence electrons. The van der Waals surface area contributed by atoms with Crippen LogP contribution in [0.1, 0.15) is 85.8 Å². The first-order valence-electron chi connectivity index (χ1n) is 14.2. The van der Waals surface area contributed by atoms with Crippen LogP contribution < -0.4 is 0 Å². The van der Waals surface area contributed by atoms with Crippen molar-refractivity contribution in [1.82, 2.24) is 0 Å². The lowest BCUT2D eigenvalue weighted by atomic mass is 9.94. The van der Waals surface area contributed by atoms with Crippen molar-refractivity contribution < 1.29 is 20.4 Å². The summed E-state index contributed by atoms with van der Waals surface area (Å²) in [5.74, 6) is 13.3. The van der Waals surface area contributed by atoms with Gasteiger partial charge in [-0.2, -0.15) is 0 Å². The molecule has 0 fully saturated rings. The standard InChI is InChI=1S/C24H28O2.C12H10Br2O2/c1-5-7-9-11-13-19-15-21-18(4)24(26)20(14-12-10-8-6-2)16-22(21)17(3)23(19)25;1-5-7-3-10(14)12(16)6(2)8(7)4-9(13)11(5)15/h15-16,25-26H,5-10H2,1-4H3;3-4,15-16H,1-2H3. The van der Waals surface area contributed by atoms with Gasteiger partial charge in [0.2, 0.25) is 0 Å². The molecule has 4 rings (SSSR count). The third-order valence-corrected chi connectivity index (χ3v) is 8.67. The molecule has 0 heterocycles. The molecule has 0 aliphatic carbocycles. The number of aromatic hydroxyl groups is 4. The summed E-state index contributed by atoms with van der Waals surface area (Å²) in [6, 6.07) is 7.39. The molecular formula is C36H38Br2O4. The average Bonchev–Trinajstić information content (AvgIpc) is 2.97. The topological polar surface area (TPSA) is 80.9 Å². The monoisotopic (exact) mass is 692 g/mol. The fourth-order valence-electron chi connectivity index (χ4n) is 4.68. The van der Waals surface area contributed by atoms with E-state index in [0.717, 1.165) is 82.3 Å². The van der Waals surface area contributed by atoms with E-state index in [4.69, 9.17) is 0 Å². The van der Waals surface area contributed by atoms with Gasteiger partial charge in [0.1, 0.15) is 23.0 Å². The summed E-state index contributed by atoms with van der Waals surface area (Å²) < 4.78 is 1.28. The number of fused-ring (bicyclic) bond motifs is 2. The molecule has 6 heteroatoms. The van der Waals surface area contributed by atoms with Crippen LogP contribution in [0.4, 0.5) is 0 Å². The fourth-order valence-corrected chi connectivity index (χ4v) is 5.73. The van der Waals surface area contributed by atoms with Gasteiger partial charge in [0.15, 0.2) is 0 Å². The Hall–Kier alpha value is -3.32. The SMILES string of the molecule is CCCCC#Cc1cc2c(C)c(O)c(C#CCCCC)cc2c(C)c1O.Cc1c(O)c(Br)cc2c(C)c(O)c(Br)cc12. The maximum atomic E-state index is 10.5. The average molecular weight is 695 g/mol. The number of rotatable bonds is 4. The highest BCUT2D eigenvalue weighted by atomic mass is 79.9. The van der Waals surface area contributed by atoms with E-state index in [1.54, 1.807) is 0 Å². The van der Waals surface area contributed by atoms with Crippen LogP contribution in [0.3, 0.4) is 0 Å². The molecule has 0 aliphatic heterocycles. The predicted molar refractivity (Wildman–Crippen MR) is 182 cm³/mol. The van der Waals surface area contributed by atoms with Crippen LogP contribution in [0.15, 0.2) is 33.2 Å². The van der Waals surface area contributed by atoms with Crippen molar-refractivity contribution in [2.45, 2.75) is 80.1 Å². The Morgan fingerprint density at radius 2 is 0.833 bits per heavy atom. The molecule has 0 aromatic heterocycles. The van der Waals surface area contributed by atoms with Crippen molar-refractivity contribution in [3.8, 4) is 46.7 Å². The molecule has 0 atom stereocenters. The van der Waals surface area contributed by atoms with Crippen molar-refractivity contribution in [3.63, 3.8) is 0 Å². The summed E-state index contributed by atoms with van der Waals surface area (Å²) in [4.78, 5) is 0. The van der Waals surface area contributed by atoms with Crippen LogP contribution in [0.2, 0.25) is 0 Å². The van der Waals surface area contributed by atoms with Gasteiger partial charge in [0.05, 0.1) is 20.1 Å². The third-order valence-electron chi connectivity index (χ3n) is 7.46. The van der Waals surface area contributed by atoms with Crippen LogP contribution >= 0.6 is 31.9 Å². The van der Waals surface area contributed by atoms with Crippen molar-refractivity contribution >= 4 is 53.4 Å². The normalized spacial score (nSPS) is 10.5. The zero-order valence-electron chi connectivity index (χ0n) is 25.1. The maximum absolute atomic E-state index is 10.5. The molecule has 0 amide bonds. The van der Waals surface area contributed by atoms with E-state index in [1.807, 2.05) is 52.0 Å². The van der Waals surface area contributed by atoms with Gasteiger partial charge in [-0.1, -0.05) is 50.4 Å². The lowest BCUT2D eigenvalue weighted by Crippen LogP contribution is -1.91. The summed E-state index contributed by atoms with van der Waals surface area (Å²) in [6.07, 6.45) is 5.96. The predicted octanol–water partition coefficient (Wildman–Crippen LogP) is 10.3. The number of hydrogen-bond acceptors (Lipinski definition) is 4. The first-order chi connectivity index (χ1) is 19.9. The van der Waals surface area contributed by atoms with E-state index in [1.165, 1.54) is 0 Å². The Kier molecular flexibility index (Phi) is 11.6. The molecule has 4 aromatic carbocycles. The first kappa shape index (κ1) is 33.2. The van der Waals surface area contributed by atoms with Gasteiger partial charge in [-0.3, -0.25) is 0 Å². The van der Waals surface area contributed by atoms with Crippen LogP contribution in [-0.4, -0.2) is 20.4 Å². The molecule has 0 bridgehead atoms. The zero-order valence-corrected chi connectivity index (χ0v) is 28.3. The van der Waals surface area contributed by atoms with E-state index in [9.17, 15) is 20.4 Å². The summed E-state index contributed by atoms with van der Waals surface area (Å²) >= 11 is 6.60. The van der Waals surface area contributed by atoms with Crippen molar-refractivity contribution in [2.24, 2.45) is 0 Å². The molecule has 0 radical (unpaired) electrons. The Bertz CT molecular complexity index is 1640. The van der Waals surface area contributed by atoms with E-state index in [0.29, 0.717) is 20.1 Å². The Morgan fingerprint density at radius 3 is 1.17 bits per heavy atom. The summed E-state index contributed by atoms with van der Waals surface area (Å²) in [5, 5.41) is 44.5. The van der Waals surface area contributed by atoms with Gasteiger partial charge in [0, 0.05) is 12.8 Å². The Morgan fingerprint density at radius 1 is 0.524 bits per heavy atom. The molecule has 0 saturated heterocycles. The summed E-state index contributed by atoms with van der Waals surface area (Å²) in [7, 11) is 0. The van der Waals surface area contributed by atoms with E-state index < -0.39 is 0 Å². The highest BCUT2D eigenvalue weighted by Crippen LogP contribution is 2.41.